The first kappa shape index (κ1) is 20.9. The Hall–Kier alpha value is -3.31. The van der Waals surface area contributed by atoms with Crippen LogP contribution in [0.2, 0.25) is 0 Å². The van der Waals surface area contributed by atoms with Crippen LogP contribution in [0.1, 0.15) is 0 Å². The number of ether oxygens (including phenoxy) is 1. The normalized spacial score (nSPS) is 10.8. The van der Waals surface area contributed by atoms with Crippen molar-refractivity contribution in [2.75, 3.05) is 18.2 Å². The van der Waals surface area contributed by atoms with Crippen molar-refractivity contribution in [1.82, 2.24) is 15.2 Å². The molecule has 0 aliphatic carbocycles. The minimum absolute atomic E-state index is 0.0215. The van der Waals surface area contributed by atoms with Gasteiger partial charge < -0.3 is 14.5 Å². The molecule has 0 saturated carbocycles. The van der Waals surface area contributed by atoms with E-state index in [0.29, 0.717) is 27.7 Å². The van der Waals surface area contributed by atoms with Crippen LogP contribution in [0.3, 0.4) is 0 Å². The van der Waals surface area contributed by atoms with Crippen LogP contribution in [0.15, 0.2) is 57.5 Å². The number of methoxy groups -OCH3 is 1. The molecule has 0 saturated heterocycles. The summed E-state index contributed by atoms with van der Waals surface area (Å²) in [5.41, 5.74) is 1.51. The largest absolute Gasteiger partial charge is 0.496 e. The van der Waals surface area contributed by atoms with E-state index in [9.17, 15) is 13.6 Å². The van der Waals surface area contributed by atoms with Crippen LogP contribution in [-0.2, 0) is 4.79 Å². The Morgan fingerprint density at radius 2 is 2.03 bits per heavy atom. The second kappa shape index (κ2) is 9.23. The maximum atomic E-state index is 13.4. The number of hydrogen-bond acceptors (Lipinski definition) is 8. The summed E-state index contributed by atoms with van der Waals surface area (Å²) >= 11 is 2.25. The fraction of sp³-hybridized carbons (Fsp3) is 0.100. The highest BCUT2D eigenvalue weighted by Gasteiger charge is 2.15. The van der Waals surface area contributed by atoms with Crippen molar-refractivity contribution in [3.63, 3.8) is 0 Å². The summed E-state index contributed by atoms with van der Waals surface area (Å²) < 4.78 is 37.3. The Morgan fingerprint density at radius 1 is 1.19 bits per heavy atom. The van der Waals surface area contributed by atoms with E-state index >= 15 is 0 Å². The smallest absolute Gasteiger partial charge is 0.277 e. The Labute approximate surface area is 183 Å². The Kier molecular flexibility index (Phi) is 6.23. The minimum atomic E-state index is -0.959. The summed E-state index contributed by atoms with van der Waals surface area (Å²) in [6.45, 7) is 0. The number of nitrogens with zero attached hydrogens (tertiary/aromatic N) is 3. The first-order chi connectivity index (χ1) is 15.0. The SMILES string of the molecule is COc1ccccc1-c1nnc(SCC(=O)Nc2nc(-c3ccc(F)c(F)c3)cs2)o1. The molecule has 2 heterocycles. The van der Waals surface area contributed by atoms with Gasteiger partial charge in [-0.2, -0.15) is 0 Å². The fourth-order valence-corrected chi connectivity index (χ4v) is 3.90. The Morgan fingerprint density at radius 3 is 2.84 bits per heavy atom. The molecule has 4 aromatic rings. The number of benzene rings is 2. The predicted molar refractivity (Wildman–Crippen MR) is 113 cm³/mol. The van der Waals surface area contributed by atoms with Gasteiger partial charge in [-0.05, 0) is 30.3 Å². The third-order valence-electron chi connectivity index (χ3n) is 4.04. The van der Waals surface area contributed by atoms with E-state index in [1.165, 1.54) is 17.4 Å². The zero-order valence-electron chi connectivity index (χ0n) is 16.0. The molecule has 31 heavy (non-hydrogen) atoms. The molecule has 0 aliphatic heterocycles. The number of amides is 1. The van der Waals surface area contributed by atoms with Gasteiger partial charge in [-0.3, -0.25) is 4.79 Å². The zero-order valence-corrected chi connectivity index (χ0v) is 17.6. The van der Waals surface area contributed by atoms with Crippen LogP contribution in [0.25, 0.3) is 22.7 Å². The molecule has 11 heteroatoms. The zero-order chi connectivity index (χ0) is 21.8. The molecule has 0 radical (unpaired) electrons. The van der Waals surface area contributed by atoms with Gasteiger partial charge in [-0.25, -0.2) is 13.8 Å². The lowest BCUT2D eigenvalue weighted by Gasteiger charge is -2.03. The molecule has 158 valence electrons. The average molecular weight is 460 g/mol. The fourth-order valence-electron chi connectivity index (χ4n) is 2.60. The summed E-state index contributed by atoms with van der Waals surface area (Å²) in [4.78, 5) is 16.5. The number of hydrogen-bond donors (Lipinski definition) is 1. The number of carbonyl (C=O) groups is 1. The standard InChI is InChI=1S/C20H14F2N4O3S2/c1-28-16-5-3-2-4-12(16)18-25-26-20(29-18)31-10-17(27)24-19-23-15(9-30-19)11-6-7-13(21)14(22)8-11/h2-9H,10H2,1H3,(H,23,24,27). The number of anilines is 1. The van der Waals surface area contributed by atoms with Gasteiger partial charge in [0.1, 0.15) is 5.75 Å². The quantitative estimate of drug-likeness (QED) is 0.393. The van der Waals surface area contributed by atoms with Gasteiger partial charge in [0.05, 0.1) is 24.1 Å². The van der Waals surface area contributed by atoms with E-state index in [1.54, 1.807) is 24.6 Å². The second-order valence-electron chi connectivity index (χ2n) is 6.08. The highest BCUT2D eigenvalue weighted by atomic mass is 32.2. The molecule has 7 nitrogen and oxygen atoms in total. The van der Waals surface area contributed by atoms with Crippen molar-refractivity contribution < 1.29 is 22.7 Å². The lowest BCUT2D eigenvalue weighted by Crippen LogP contribution is -2.13. The lowest BCUT2D eigenvalue weighted by molar-refractivity contribution is -0.113. The number of thioether (sulfide) groups is 1. The summed E-state index contributed by atoms with van der Waals surface area (Å²) in [5.74, 6) is -1.31. The van der Waals surface area contributed by atoms with Crippen LogP contribution < -0.4 is 10.1 Å². The lowest BCUT2D eigenvalue weighted by atomic mass is 10.2. The van der Waals surface area contributed by atoms with E-state index in [1.807, 2.05) is 12.1 Å². The number of rotatable bonds is 7. The molecule has 0 aliphatic rings. The minimum Gasteiger partial charge on any atom is -0.496 e. The van der Waals surface area contributed by atoms with E-state index in [4.69, 9.17) is 9.15 Å². The Bertz CT molecular complexity index is 1230. The summed E-state index contributed by atoms with van der Waals surface area (Å²) in [7, 11) is 1.55. The van der Waals surface area contributed by atoms with Crippen LogP contribution >= 0.6 is 23.1 Å². The molecular formula is C20H14F2N4O3S2. The van der Waals surface area contributed by atoms with Crippen molar-refractivity contribution in [1.29, 1.82) is 0 Å². The van der Waals surface area contributed by atoms with Gasteiger partial charge in [0.25, 0.3) is 11.1 Å². The molecular weight excluding hydrogens is 446 g/mol. The number of aromatic nitrogens is 3. The number of nitrogens with one attached hydrogen (secondary N) is 1. The van der Waals surface area contributed by atoms with Crippen LogP contribution in [0.5, 0.6) is 5.75 Å². The maximum absolute atomic E-state index is 13.4. The summed E-state index contributed by atoms with van der Waals surface area (Å²) in [5, 5.41) is 12.8. The van der Waals surface area contributed by atoms with Crippen molar-refractivity contribution in [2.45, 2.75) is 5.22 Å². The van der Waals surface area contributed by atoms with E-state index in [2.05, 4.69) is 20.5 Å². The van der Waals surface area contributed by atoms with E-state index < -0.39 is 11.6 Å². The van der Waals surface area contributed by atoms with Crippen molar-refractivity contribution in [2.24, 2.45) is 0 Å². The first-order valence-electron chi connectivity index (χ1n) is 8.84. The number of thiazole rings is 1. The number of para-hydroxylation sites is 1. The number of carbonyl (C=O) groups excluding carboxylic acids is 1. The Balaban J connectivity index is 1.35. The van der Waals surface area contributed by atoms with Gasteiger partial charge in [-0.15, -0.1) is 21.5 Å². The van der Waals surface area contributed by atoms with Crippen LogP contribution in [-0.4, -0.2) is 34.0 Å². The van der Waals surface area contributed by atoms with Crippen molar-refractivity contribution in [3.8, 4) is 28.5 Å². The molecule has 0 atom stereocenters. The maximum Gasteiger partial charge on any atom is 0.277 e. The van der Waals surface area contributed by atoms with E-state index in [0.717, 1.165) is 23.9 Å². The van der Waals surface area contributed by atoms with E-state index in [-0.39, 0.29) is 22.8 Å². The molecule has 1 amide bonds. The first-order valence-corrected chi connectivity index (χ1v) is 10.7. The van der Waals surface area contributed by atoms with Gasteiger partial charge in [0.2, 0.25) is 5.91 Å². The number of halogens is 2. The third kappa shape index (κ3) is 4.89. The molecule has 4 rings (SSSR count). The highest BCUT2D eigenvalue weighted by Crippen LogP contribution is 2.30. The molecule has 2 aromatic heterocycles. The average Bonchev–Trinajstić information content (AvgIpc) is 3.44. The van der Waals surface area contributed by atoms with Crippen molar-refractivity contribution in [3.05, 3.63) is 59.5 Å². The summed E-state index contributed by atoms with van der Waals surface area (Å²) in [6.07, 6.45) is 0. The molecule has 0 fully saturated rings. The van der Waals surface area contributed by atoms with Gasteiger partial charge in [0, 0.05) is 10.9 Å². The molecule has 0 unspecified atom stereocenters. The predicted octanol–water partition coefficient (Wildman–Crippen LogP) is 4.88. The van der Waals surface area contributed by atoms with Gasteiger partial charge in [-0.1, -0.05) is 23.9 Å². The second-order valence-corrected chi connectivity index (χ2v) is 7.86. The molecule has 0 bridgehead atoms. The summed E-state index contributed by atoms with van der Waals surface area (Å²) in [6, 6.07) is 10.7. The highest BCUT2D eigenvalue weighted by molar-refractivity contribution is 7.99. The molecule has 2 aromatic carbocycles. The third-order valence-corrected chi connectivity index (χ3v) is 5.61. The topological polar surface area (TPSA) is 90.1 Å². The van der Waals surface area contributed by atoms with Gasteiger partial charge in [0.15, 0.2) is 16.8 Å². The monoisotopic (exact) mass is 460 g/mol. The molecule has 1 N–H and O–H groups in total. The van der Waals surface area contributed by atoms with Crippen LogP contribution in [0, 0.1) is 11.6 Å². The van der Waals surface area contributed by atoms with Crippen molar-refractivity contribution >= 4 is 34.1 Å². The van der Waals surface area contributed by atoms with Gasteiger partial charge >= 0.3 is 0 Å². The molecule has 0 spiro atoms. The van der Waals surface area contributed by atoms with Crippen LogP contribution in [0.4, 0.5) is 13.9 Å².